The fourth-order valence-electron chi connectivity index (χ4n) is 2.80. The molecule has 0 aromatic heterocycles. The van der Waals surface area contributed by atoms with Gasteiger partial charge in [0.2, 0.25) is 5.91 Å². The van der Waals surface area contributed by atoms with Gasteiger partial charge in [0.05, 0.1) is 20.8 Å². The maximum atomic E-state index is 12.4. The third-order valence-electron chi connectivity index (χ3n) is 4.32. The molecule has 0 aliphatic carbocycles. The summed E-state index contributed by atoms with van der Waals surface area (Å²) in [5, 5.41) is 2.90. The quantitative estimate of drug-likeness (QED) is 0.798. The number of ether oxygens (including phenoxy) is 2. The second kappa shape index (κ2) is 8.91. The lowest BCUT2D eigenvalue weighted by Crippen LogP contribution is -2.29. The van der Waals surface area contributed by atoms with E-state index in [1.54, 1.807) is 32.4 Å². The van der Waals surface area contributed by atoms with E-state index in [1.165, 1.54) is 11.1 Å². The van der Waals surface area contributed by atoms with E-state index in [1.807, 2.05) is 11.9 Å². The Hall–Kier alpha value is -2.53. The minimum atomic E-state index is -0.0842. The molecule has 2 aromatic rings. The summed E-state index contributed by atoms with van der Waals surface area (Å²) in [6.45, 7) is 7.60. The van der Waals surface area contributed by atoms with Gasteiger partial charge in [-0.1, -0.05) is 45.0 Å². The number of carbonyl (C=O) groups is 1. The third-order valence-corrected chi connectivity index (χ3v) is 4.32. The second-order valence-electron chi connectivity index (χ2n) is 7.77. The number of methoxy groups -OCH3 is 2. The topological polar surface area (TPSA) is 50.8 Å². The number of anilines is 1. The highest BCUT2D eigenvalue weighted by atomic mass is 16.5. The lowest BCUT2D eigenvalue weighted by Gasteiger charge is -2.20. The zero-order chi connectivity index (χ0) is 20.0. The van der Waals surface area contributed by atoms with Crippen molar-refractivity contribution < 1.29 is 14.3 Å². The molecule has 0 aliphatic heterocycles. The lowest BCUT2D eigenvalue weighted by atomic mass is 9.87. The molecule has 2 rings (SSSR count). The van der Waals surface area contributed by atoms with Crippen molar-refractivity contribution in [3.05, 3.63) is 53.6 Å². The lowest BCUT2D eigenvalue weighted by molar-refractivity contribution is -0.117. The number of nitrogens with zero attached hydrogens (tertiary/aromatic N) is 1. The van der Waals surface area contributed by atoms with E-state index in [0.29, 0.717) is 30.3 Å². The van der Waals surface area contributed by atoms with E-state index in [2.05, 4.69) is 50.4 Å². The van der Waals surface area contributed by atoms with E-state index in [4.69, 9.17) is 9.47 Å². The fraction of sp³-hybridized carbons (Fsp3) is 0.409. The minimum Gasteiger partial charge on any atom is -0.497 e. The summed E-state index contributed by atoms with van der Waals surface area (Å²) in [6.07, 6.45) is 0. The summed E-state index contributed by atoms with van der Waals surface area (Å²) in [6, 6.07) is 13.9. The predicted octanol–water partition coefficient (Wildman–Crippen LogP) is 4.07. The first kappa shape index (κ1) is 20.8. The Morgan fingerprint density at radius 2 is 1.56 bits per heavy atom. The Balaban J connectivity index is 1.94. The molecule has 0 bridgehead atoms. The zero-order valence-corrected chi connectivity index (χ0v) is 17.1. The summed E-state index contributed by atoms with van der Waals surface area (Å²) < 4.78 is 10.5. The largest absolute Gasteiger partial charge is 0.497 e. The number of amides is 1. The van der Waals surface area contributed by atoms with Gasteiger partial charge in [-0.25, -0.2) is 0 Å². The van der Waals surface area contributed by atoms with Gasteiger partial charge < -0.3 is 14.8 Å². The summed E-state index contributed by atoms with van der Waals surface area (Å²) >= 11 is 0. The summed E-state index contributed by atoms with van der Waals surface area (Å²) in [4.78, 5) is 14.3. The second-order valence-corrected chi connectivity index (χ2v) is 7.77. The Bertz CT molecular complexity index is 742. The van der Waals surface area contributed by atoms with Crippen molar-refractivity contribution in [3.63, 3.8) is 0 Å². The molecule has 0 saturated heterocycles. The first-order valence-corrected chi connectivity index (χ1v) is 9.02. The molecule has 5 heteroatoms. The van der Waals surface area contributed by atoms with Crippen LogP contribution in [0.15, 0.2) is 42.5 Å². The van der Waals surface area contributed by atoms with Gasteiger partial charge >= 0.3 is 0 Å². The molecule has 0 spiro atoms. The van der Waals surface area contributed by atoms with Gasteiger partial charge in [0.15, 0.2) is 0 Å². The third kappa shape index (κ3) is 6.29. The Labute approximate surface area is 162 Å². The number of carbonyl (C=O) groups excluding carboxylic acids is 1. The standard InChI is InChI=1S/C22H30N2O3/c1-22(2,3)17-9-7-16(8-10-17)14-24(4)15-21(25)23-18-11-19(26-5)13-20(12-18)27-6/h7-13H,14-15H2,1-6H3,(H,23,25). The van der Waals surface area contributed by atoms with Gasteiger partial charge in [0.25, 0.3) is 0 Å². The molecule has 1 N–H and O–H groups in total. The highest BCUT2D eigenvalue weighted by molar-refractivity contribution is 5.92. The van der Waals surface area contributed by atoms with E-state index in [0.717, 1.165) is 0 Å². The first-order valence-electron chi connectivity index (χ1n) is 9.02. The number of hydrogen-bond acceptors (Lipinski definition) is 4. The van der Waals surface area contributed by atoms with Crippen LogP contribution in [0.25, 0.3) is 0 Å². The van der Waals surface area contributed by atoms with Gasteiger partial charge in [0, 0.05) is 30.4 Å². The Morgan fingerprint density at radius 1 is 1.00 bits per heavy atom. The van der Waals surface area contributed by atoms with Crippen molar-refractivity contribution in [2.75, 3.05) is 33.1 Å². The monoisotopic (exact) mass is 370 g/mol. The molecule has 0 unspecified atom stereocenters. The van der Waals surface area contributed by atoms with Crippen molar-refractivity contribution in [2.45, 2.75) is 32.7 Å². The highest BCUT2D eigenvalue weighted by Crippen LogP contribution is 2.26. The van der Waals surface area contributed by atoms with Gasteiger partial charge in [0.1, 0.15) is 11.5 Å². The zero-order valence-electron chi connectivity index (χ0n) is 17.1. The number of rotatable bonds is 7. The number of benzene rings is 2. The van der Waals surface area contributed by atoms with Crippen molar-refractivity contribution in [2.24, 2.45) is 0 Å². The molecule has 0 heterocycles. The Kier molecular flexibility index (Phi) is 6.86. The van der Waals surface area contributed by atoms with Crippen LogP contribution < -0.4 is 14.8 Å². The molecule has 0 saturated carbocycles. The molecule has 0 radical (unpaired) electrons. The fourth-order valence-corrected chi connectivity index (χ4v) is 2.80. The summed E-state index contributed by atoms with van der Waals surface area (Å²) in [7, 11) is 5.10. The van der Waals surface area contributed by atoms with Gasteiger partial charge in [-0.05, 0) is 23.6 Å². The van der Waals surface area contributed by atoms with Crippen LogP contribution in [0.3, 0.4) is 0 Å². The Morgan fingerprint density at radius 3 is 2.04 bits per heavy atom. The summed E-state index contributed by atoms with van der Waals surface area (Å²) in [5.41, 5.74) is 3.28. The molecule has 5 nitrogen and oxygen atoms in total. The van der Waals surface area contributed by atoms with Crippen LogP contribution in [0.1, 0.15) is 31.9 Å². The van der Waals surface area contributed by atoms with Crippen molar-refractivity contribution >= 4 is 11.6 Å². The van der Waals surface area contributed by atoms with Gasteiger partial charge in [-0.15, -0.1) is 0 Å². The molecular weight excluding hydrogens is 340 g/mol. The smallest absolute Gasteiger partial charge is 0.238 e. The maximum Gasteiger partial charge on any atom is 0.238 e. The van der Waals surface area contributed by atoms with E-state index in [9.17, 15) is 4.79 Å². The molecule has 1 amide bonds. The van der Waals surface area contributed by atoms with Crippen LogP contribution in [-0.2, 0) is 16.8 Å². The molecule has 0 aliphatic rings. The SMILES string of the molecule is COc1cc(NC(=O)CN(C)Cc2ccc(C(C)(C)C)cc2)cc(OC)c1. The summed E-state index contributed by atoms with van der Waals surface area (Å²) in [5.74, 6) is 1.19. The number of likely N-dealkylation sites (N-methyl/N-ethyl adjacent to an activating group) is 1. The van der Waals surface area contributed by atoms with Crippen LogP contribution in [0, 0.1) is 0 Å². The van der Waals surface area contributed by atoms with Gasteiger partial charge in [-0.2, -0.15) is 0 Å². The molecular formula is C22H30N2O3. The van der Waals surface area contributed by atoms with Crippen LogP contribution >= 0.6 is 0 Å². The van der Waals surface area contributed by atoms with E-state index in [-0.39, 0.29) is 11.3 Å². The van der Waals surface area contributed by atoms with E-state index < -0.39 is 0 Å². The van der Waals surface area contributed by atoms with Crippen molar-refractivity contribution in [1.29, 1.82) is 0 Å². The van der Waals surface area contributed by atoms with Crippen molar-refractivity contribution in [1.82, 2.24) is 4.90 Å². The molecule has 27 heavy (non-hydrogen) atoms. The average Bonchev–Trinajstić information content (AvgIpc) is 2.60. The number of nitrogens with one attached hydrogen (secondary N) is 1. The molecule has 146 valence electrons. The van der Waals surface area contributed by atoms with Crippen LogP contribution in [0.4, 0.5) is 5.69 Å². The van der Waals surface area contributed by atoms with Crippen LogP contribution in [-0.4, -0.2) is 38.6 Å². The number of hydrogen-bond donors (Lipinski definition) is 1. The van der Waals surface area contributed by atoms with Crippen molar-refractivity contribution in [3.8, 4) is 11.5 Å². The molecule has 0 fully saturated rings. The average molecular weight is 370 g/mol. The maximum absolute atomic E-state index is 12.4. The van der Waals surface area contributed by atoms with Gasteiger partial charge in [-0.3, -0.25) is 9.69 Å². The normalized spacial score (nSPS) is 11.4. The predicted molar refractivity (Wildman–Crippen MR) is 110 cm³/mol. The highest BCUT2D eigenvalue weighted by Gasteiger charge is 2.14. The van der Waals surface area contributed by atoms with E-state index >= 15 is 0 Å². The first-order chi connectivity index (χ1) is 12.7. The minimum absolute atomic E-state index is 0.0842. The molecule has 0 atom stereocenters. The van der Waals surface area contributed by atoms with Crippen LogP contribution in [0.2, 0.25) is 0 Å². The van der Waals surface area contributed by atoms with Crippen LogP contribution in [0.5, 0.6) is 11.5 Å². The molecule has 2 aromatic carbocycles.